The summed E-state index contributed by atoms with van der Waals surface area (Å²) in [5.41, 5.74) is 1.61. The normalized spacial score (nSPS) is 10.9. The largest absolute Gasteiger partial charge is 0.323 e. The lowest BCUT2D eigenvalue weighted by Crippen LogP contribution is -2.22. The molecule has 1 N–H and O–H groups in total. The molecule has 0 radical (unpaired) electrons. The molecular formula is C19H12F2N4O2S. The van der Waals surface area contributed by atoms with Crippen LogP contribution < -0.4 is 10.4 Å². The monoisotopic (exact) mass is 398 g/mol. The Morgan fingerprint density at radius 1 is 0.964 bits per heavy atom. The lowest BCUT2D eigenvalue weighted by Gasteiger charge is -2.08. The SMILES string of the molecule is O=c1[nH]c(-c2cccc(Cn3nc(-c4cc(F)cc(F)c4)ccc3=O)c2)ns1. The Kier molecular flexibility index (Phi) is 4.66. The molecule has 2 aromatic carbocycles. The number of nitrogens with one attached hydrogen (secondary N) is 1. The molecule has 6 nitrogen and oxygen atoms in total. The smallest absolute Gasteiger partial charge is 0.296 e. The summed E-state index contributed by atoms with van der Waals surface area (Å²) < 4.78 is 32.2. The number of rotatable bonds is 4. The zero-order valence-electron chi connectivity index (χ0n) is 14.2. The van der Waals surface area contributed by atoms with E-state index in [2.05, 4.69) is 14.5 Å². The number of halogens is 2. The first kappa shape index (κ1) is 17.9. The zero-order valence-corrected chi connectivity index (χ0v) is 15.0. The third kappa shape index (κ3) is 3.79. The molecule has 9 heteroatoms. The Balaban J connectivity index is 1.69. The fourth-order valence-corrected chi connectivity index (χ4v) is 3.23. The van der Waals surface area contributed by atoms with Gasteiger partial charge in [0.05, 0.1) is 12.2 Å². The summed E-state index contributed by atoms with van der Waals surface area (Å²) in [5.74, 6) is -1.000. The van der Waals surface area contributed by atoms with Crippen molar-refractivity contribution in [3.05, 3.63) is 91.8 Å². The Hall–Kier alpha value is -3.46. The average Bonchev–Trinajstić information content (AvgIpc) is 3.09. The summed E-state index contributed by atoms with van der Waals surface area (Å²) >= 11 is 0.823. The Morgan fingerprint density at radius 2 is 1.75 bits per heavy atom. The molecule has 0 fully saturated rings. The van der Waals surface area contributed by atoms with Gasteiger partial charge in [-0.15, -0.1) is 0 Å². The maximum atomic E-state index is 13.5. The molecule has 0 atom stereocenters. The second-order valence-electron chi connectivity index (χ2n) is 6.02. The lowest BCUT2D eigenvalue weighted by atomic mass is 10.1. The maximum absolute atomic E-state index is 13.5. The van der Waals surface area contributed by atoms with Crippen LogP contribution in [0.5, 0.6) is 0 Å². The topological polar surface area (TPSA) is 80.6 Å². The van der Waals surface area contributed by atoms with Crippen molar-refractivity contribution in [1.82, 2.24) is 19.1 Å². The summed E-state index contributed by atoms with van der Waals surface area (Å²) in [6.07, 6.45) is 0. The van der Waals surface area contributed by atoms with E-state index in [1.165, 1.54) is 16.8 Å². The first-order valence-electron chi connectivity index (χ1n) is 8.18. The molecule has 4 rings (SSSR count). The highest BCUT2D eigenvalue weighted by molar-refractivity contribution is 7.03. The van der Waals surface area contributed by atoms with Crippen LogP contribution in [0.15, 0.2) is 64.2 Å². The molecule has 2 heterocycles. The second-order valence-corrected chi connectivity index (χ2v) is 6.75. The lowest BCUT2D eigenvalue weighted by molar-refractivity contribution is 0.583. The van der Waals surface area contributed by atoms with E-state index in [0.717, 1.165) is 35.3 Å². The number of aromatic nitrogens is 4. The van der Waals surface area contributed by atoms with Crippen LogP contribution in [0.1, 0.15) is 5.56 Å². The molecule has 0 unspecified atom stereocenters. The summed E-state index contributed by atoms with van der Waals surface area (Å²) in [4.78, 5) is 25.9. The van der Waals surface area contributed by atoms with Gasteiger partial charge in [0.2, 0.25) is 0 Å². The van der Waals surface area contributed by atoms with Gasteiger partial charge in [-0.3, -0.25) is 14.6 Å². The van der Waals surface area contributed by atoms with E-state index in [1.54, 1.807) is 24.3 Å². The summed E-state index contributed by atoms with van der Waals surface area (Å²) in [6.45, 7) is 0.146. The van der Waals surface area contributed by atoms with E-state index in [0.29, 0.717) is 11.4 Å². The van der Waals surface area contributed by atoms with Crippen molar-refractivity contribution in [3.63, 3.8) is 0 Å². The van der Waals surface area contributed by atoms with Crippen LogP contribution in [0.4, 0.5) is 8.78 Å². The molecule has 0 spiro atoms. The van der Waals surface area contributed by atoms with Crippen LogP contribution in [0, 0.1) is 11.6 Å². The van der Waals surface area contributed by atoms with Crippen molar-refractivity contribution >= 4 is 11.5 Å². The van der Waals surface area contributed by atoms with E-state index in [9.17, 15) is 18.4 Å². The molecule has 0 amide bonds. The minimum atomic E-state index is -0.723. The highest BCUT2D eigenvalue weighted by atomic mass is 32.1. The first-order valence-corrected chi connectivity index (χ1v) is 8.95. The molecule has 28 heavy (non-hydrogen) atoms. The summed E-state index contributed by atoms with van der Waals surface area (Å²) in [7, 11) is 0. The van der Waals surface area contributed by atoms with Crippen LogP contribution >= 0.6 is 11.5 Å². The molecule has 0 aliphatic heterocycles. The number of hydrogen-bond acceptors (Lipinski definition) is 5. The minimum absolute atomic E-state index is 0.146. The molecule has 0 aliphatic rings. The quantitative estimate of drug-likeness (QED) is 0.573. The average molecular weight is 398 g/mol. The van der Waals surface area contributed by atoms with Crippen LogP contribution in [0.3, 0.4) is 0 Å². The van der Waals surface area contributed by atoms with Crippen molar-refractivity contribution in [2.75, 3.05) is 0 Å². The van der Waals surface area contributed by atoms with Crippen molar-refractivity contribution in [2.24, 2.45) is 0 Å². The minimum Gasteiger partial charge on any atom is -0.296 e. The van der Waals surface area contributed by atoms with Gasteiger partial charge in [-0.25, -0.2) is 13.5 Å². The number of hydrogen-bond donors (Lipinski definition) is 1. The van der Waals surface area contributed by atoms with Crippen LogP contribution in [0.25, 0.3) is 22.6 Å². The maximum Gasteiger partial charge on any atom is 0.323 e. The van der Waals surface area contributed by atoms with Crippen LogP contribution in [0.2, 0.25) is 0 Å². The molecule has 140 valence electrons. The van der Waals surface area contributed by atoms with Crippen molar-refractivity contribution in [3.8, 4) is 22.6 Å². The number of H-pyrrole nitrogens is 1. The van der Waals surface area contributed by atoms with Crippen molar-refractivity contribution in [2.45, 2.75) is 6.54 Å². The third-order valence-electron chi connectivity index (χ3n) is 4.00. The van der Waals surface area contributed by atoms with Gasteiger partial charge in [0, 0.05) is 34.8 Å². The van der Waals surface area contributed by atoms with Crippen LogP contribution in [-0.4, -0.2) is 19.1 Å². The molecule has 0 saturated heterocycles. The van der Waals surface area contributed by atoms with Crippen molar-refractivity contribution in [1.29, 1.82) is 0 Å². The van der Waals surface area contributed by atoms with Gasteiger partial charge in [0.1, 0.15) is 11.6 Å². The van der Waals surface area contributed by atoms with Crippen LogP contribution in [-0.2, 0) is 6.54 Å². The second kappa shape index (κ2) is 7.28. The first-order chi connectivity index (χ1) is 13.5. The van der Waals surface area contributed by atoms with Gasteiger partial charge in [-0.1, -0.05) is 18.2 Å². The molecule has 0 aliphatic carbocycles. The fraction of sp³-hybridized carbons (Fsp3) is 0.0526. The van der Waals surface area contributed by atoms with E-state index >= 15 is 0 Å². The third-order valence-corrected chi connectivity index (χ3v) is 4.54. The van der Waals surface area contributed by atoms with E-state index in [4.69, 9.17) is 0 Å². The zero-order chi connectivity index (χ0) is 19.7. The Labute approximate surface area is 160 Å². The van der Waals surface area contributed by atoms with Gasteiger partial charge < -0.3 is 0 Å². The summed E-state index contributed by atoms with van der Waals surface area (Å²) in [6, 6.07) is 12.9. The van der Waals surface area contributed by atoms with Gasteiger partial charge in [0.25, 0.3) is 5.56 Å². The van der Waals surface area contributed by atoms with Gasteiger partial charge >= 0.3 is 4.87 Å². The highest BCUT2D eigenvalue weighted by Crippen LogP contribution is 2.19. The predicted octanol–water partition coefficient (Wildman–Crippen LogP) is 3.05. The molecule has 4 aromatic rings. The predicted molar refractivity (Wildman–Crippen MR) is 101 cm³/mol. The summed E-state index contributed by atoms with van der Waals surface area (Å²) in [5, 5.41) is 4.23. The molecular weight excluding hydrogens is 386 g/mol. The molecule has 2 aromatic heterocycles. The van der Waals surface area contributed by atoms with E-state index in [-0.39, 0.29) is 28.2 Å². The standard InChI is InChI=1S/C19H12F2N4O2S/c20-14-7-13(8-15(21)9-14)16-4-5-17(26)25(23-16)10-11-2-1-3-12(6-11)18-22-19(27)28-24-18/h1-9H,10H2,(H,22,24,27). The highest BCUT2D eigenvalue weighted by Gasteiger charge is 2.09. The Bertz CT molecular complexity index is 1260. The number of nitrogens with zero attached hydrogens (tertiary/aromatic N) is 3. The fourth-order valence-electron chi connectivity index (χ4n) is 2.76. The number of benzene rings is 2. The van der Waals surface area contributed by atoms with Gasteiger partial charge in [-0.2, -0.15) is 9.47 Å². The molecule has 0 saturated carbocycles. The molecule has 0 bridgehead atoms. The van der Waals surface area contributed by atoms with E-state index < -0.39 is 11.6 Å². The Morgan fingerprint density at radius 3 is 2.46 bits per heavy atom. The van der Waals surface area contributed by atoms with Gasteiger partial charge in [0.15, 0.2) is 5.82 Å². The van der Waals surface area contributed by atoms with Crippen molar-refractivity contribution < 1.29 is 8.78 Å². The number of aromatic amines is 1. The van der Waals surface area contributed by atoms with Gasteiger partial charge in [-0.05, 0) is 29.8 Å². The van der Waals surface area contributed by atoms with E-state index in [1.807, 2.05) is 0 Å².